The Hall–Kier alpha value is -2.23. The average Bonchev–Trinajstić information content (AvgIpc) is 2.80. The second-order valence-electron chi connectivity index (χ2n) is 4.67. The third-order valence-corrected chi connectivity index (χ3v) is 3.04. The lowest BCUT2D eigenvalue weighted by atomic mass is 10.1. The van der Waals surface area contributed by atoms with Crippen LogP contribution in [-0.2, 0) is 13.0 Å². The Kier molecular flexibility index (Phi) is 4.45. The summed E-state index contributed by atoms with van der Waals surface area (Å²) in [6.07, 6.45) is 2.17. The summed E-state index contributed by atoms with van der Waals surface area (Å²) in [5, 5.41) is 8.94. The van der Waals surface area contributed by atoms with Crippen molar-refractivity contribution in [2.45, 2.75) is 33.3 Å². The van der Waals surface area contributed by atoms with Gasteiger partial charge in [-0.2, -0.15) is 0 Å². The van der Waals surface area contributed by atoms with Crippen LogP contribution >= 0.6 is 0 Å². The molecule has 4 nitrogen and oxygen atoms in total. The van der Waals surface area contributed by atoms with Gasteiger partial charge in [-0.15, -0.1) is 0 Å². The molecule has 2 rings (SSSR count). The molecule has 0 aliphatic carbocycles. The van der Waals surface area contributed by atoms with Gasteiger partial charge in [0.15, 0.2) is 0 Å². The van der Waals surface area contributed by atoms with Crippen molar-refractivity contribution in [1.82, 2.24) is 0 Å². The van der Waals surface area contributed by atoms with E-state index in [1.165, 1.54) is 11.6 Å². The van der Waals surface area contributed by atoms with Crippen LogP contribution in [0.5, 0.6) is 5.75 Å². The van der Waals surface area contributed by atoms with Crippen LogP contribution in [-0.4, -0.2) is 11.1 Å². The highest BCUT2D eigenvalue weighted by Gasteiger charge is 2.13. The number of aromatic carboxylic acids is 1. The third kappa shape index (κ3) is 3.41. The first kappa shape index (κ1) is 14.2. The van der Waals surface area contributed by atoms with E-state index in [1.807, 2.05) is 24.3 Å². The summed E-state index contributed by atoms with van der Waals surface area (Å²) in [6.45, 7) is 4.00. The minimum atomic E-state index is -0.985. The van der Waals surface area contributed by atoms with Gasteiger partial charge in [0.1, 0.15) is 29.4 Å². The van der Waals surface area contributed by atoms with Crippen molar-refractivity contribution in [3.8, 4) is 5.75 Å². The molecular formula is C16H18O4. The number of rotatable bonds is 6. The molecule has 0 radical (unpaired) electrons. The standard InChI is InChI=1S/C16H18O4/c1-3-4-12-5-7-13(8-6-12)19-10-14-9-15(16(17)18)11(2)20-14/h5-9H,3-4,10H2,1-2H3,(H,17,18). The SMILES string of the molecule is CCCc1ccc(OCc2cc(C(=O)O)c(C)o2)cc1. The van der Waals surface area contributed by atoms with Crippen LogP contribution in [0.25, 0.3) is 0 Å². The van der Waals surface area contributed by atoms with Gasteiger partial charge in [-0.25, -0.2) is 4.79 Å². The van der Waals surface area contributed by atoms with E-state index >= 15 is 0 Å². The first-order valence-corrected chi connectivity index (χ1v) is 6.64. The fourth-order valence-electron chi connectivity index (χ4n) is 2.02. The van der Waals surface area contributed by atoms with E-state index in [0.717, 1.165) is 18.6 Å². The fraction of sp³-hybridized carbons (Fsp3) is 0.312. The summed E-state index contributed by atoms with van der Waals surface area (Å²) in [7, 11) is 0. The lowest BCUT2D eigenvalue weighted by molar-refractivity contribution is 0.0695. The van der Waals surface area contributed by atoms with Gasteiger partial charge < -0.3 is 14.3 Å². The van der Waals surface area contributed by atoms with Gasteiger partial charge in [-0.3, -0.25) is 0 Å². The van der Waals surface area contributed by atoms with E-state index < -0.39 is 5.97 Å². The van der Waals surface area contributed by atoms with Crippen LogP contribution in [0.3, 0.4) is 0 Å². The normalized spacial score (nSPS) is 10.5. The molecule has 0 spiro atoms. The number of benzene rings is 1. The second-order valence-corrected chi connectivity index (χ2v) is 4.67. The number of carboxylic acids is 1. The fourth-order valence-corrected chi connectivity index (χ4v) is 2.02. The van der Waals surface area contributed by atoms with Gasteiger partial charge >= 0.3 is 5.97 Å². The van der Waals surface area contributed by atoms with Crippen molar-refractivity contribution in [3.05, 3.63) is 53.0 Å². The molecule has 106 valence electrons. The zero-order valence-corrected chi connectivity index (χ0v) is 11.7. The highest BCUT2D eigenvalue weighted by Crippen LogP contribution is 2.18. The van der Waals surface area contributed by atoms with Crippen molar-refractivity contribution in [1.29, 1.82) is 0 Å². The van der Waals surface area contributed by atoms with Gasteiger partial charge in [0, 0.05) is 0 Å². The van der Waals surface area contributed by atoms with Gasteiger partial charge in [0.05, 0.1) is 0 Å². The largest absolute Gasteiger partial charge is 0.486 e. The predicted molar refractivity (Wildman–Crippen MR) is 75.2 cm³/mol. The van der Waals surface area contributed by atoms with Gasteiger partial charge in [-0.1, -0.05) is 25.5 Å². The maximum atomic E-state index is 10.9. The Balaban J connectivity index is 1.98. The van der Waals surface area contributed by atoms with E-state index in [2.05, 4.69) is 6.92 Å². The predicted octanol–water partition coefficient (Wildman–Crippen LogP) is 3.82. The molecule has 0 unspecified atom stereocenters. The average molecular weight is 274 g/mol. The molecule has 0 amide bonds. The van der Waals surface area contributed by atoms with Crippen molar-refractivity contribution in [2.24, 2.45) is 0 Å². The van der Waals surface area contributed by atoms with Crippen molar-refractivity contribution < 1.29 is 19.1 Å². The summed E-state index contributed by atoms with van der Waals surface area (Å²) in [4.78, 5) is 10.9. The monoisotopic (exact) mass is 274 g/mol. The molecule has 1 aromatic carbocycles. The molecule has 2 aromatic rings. The highest BCUT2D eigenvalue weighted by molar-refractivity contribution is 5.88. The van der Waals surface area contributed by atoms with E-state index in [1.54, 1.807) is 6.92 Å². The number of carbonyl (C=O) groups is 1. The molecule has 0 aliphatic rings. The number of hydrogen-bond donors (Lipinski definition) is 1. The lowest BCUT2D eigenvalue weighted by Gasteiger charge is -2.05. The number of carboxylic acid groups (broad SMARTS) is 1. The Morgan fingerprint density at radius 2 is 2.00 bits per heavy atom. The molecular weight excluding hydrogens is 256 g/mol. The molecule has 20 heavy (non-hydrogen) atoms. The molecule has 1 aromatic heterocycles. The summed E-state index contributed by atoms with van der Waals surface area (Å²) in [5.74, 6) is 0.670. The first-order chi connectivity index (χ1) is 9.60. The summed E-state index contributed by atoms with van der Waals surface area (Å²) in [6, 6.07) is 9.41. The van der Waals surface area contributed by atoms with Crippen molar-refractivity contribution >= 4 is 5.97 Å². The maximum Gasteiger partial charge on any atom is 0.339 e. The summed E-state index contributed by atoms with van der Waals surface area (Å²) >= 11 is 0. The number of furan rings is 1. The van der Waals surface area contributed by atoms with Crippen molar-refractivity contribution in [3.63, 3.8) is 0 Å². The van der Waals surface area contributed by atoms with Crippen molar-refractivity contribution in [2.75, 3.05) is 0 Å². The summed E-state index contributed by atoms with van der Waals surface area (Å²) in [5.41, 5.74) is 1.46. The molecule has 0 atom stereocenters. The molecule has 4 heteroatoms. The quantitative estimate of drug-likeness (QED) is 0.870. The minimum Gasteiger partial charge on any atom is -0.486 e. The second kappa shape index (κ2) is 6.28. The Morgan fingerprint density at radius 1 is 1.30 bits per heavy atom. The van der Waals surface area contributed by atoms with E-state index in [4.69, 9.17) is 14.3 Å². The Morgan fingerprint density at radius 3 is 2.55 bits per heavy atom. The molecule has 0 aliphatic heterocycles. The molecule has 0 fully saturated rings. The van der Waals surface area contributed by atoms with Crippen LogP contribution in [0.2, 0.25) is 0 Å². The van der Waals surface area contributed by atoms with Crippen LogP contribution in [0.15, 0.2) is 34.7 Å². The van der Waals surface area contributed by atoms with E-state index in [-0.39, 0.29) is 12.2 Å². The van der Waals surface area contributed by atoms with Gasteiger partial charge in [-0.05, 0) is 37.1 Å². The Labute approximate surface area is 118 Å². The topological polar surface area (TPSA) is 59.7 Å². The maximum absolute atomic E-state index is 10.9. The zero-order valence-electron chi connectivity index (χ0n) is 11.7. The van der Waals surface area contributed by atoms with Crippen LogP contribution < -0.4 is 4.74 Å². The van der Waals surface area contributed by atoms with E-state index in [0.29, 0.717) is 11.5 Å². The lowest BCUT2D eigenvalue weighted by Crippen LogP contribution is -1.96. The highest BCUT2D eigenvalue weighted by atomic mass is 16.5. The van der Waals surface area contributed by atoms with Gasteiger partial charge in [0.2, 0.25) is 0 Å². The summed E-state index contributed by atoms with van der Waals surface area (Å²) < 4.78 is 10.9. The van der Waals surface area contributed by atoms with Gasteiger partial charge in [0.25, 0.3) is 0 Å². The third-order valence-electron chi connectivity index (χ3n) is 3.04. The number of ether oxygens (including phenoxy) is 1. The molecule has 0 saturated heterocycles. The van der Waals surface area contributed by atoms with Crippen LogP contribution in [0, 0.1) is 6.92 Å². The first-order valence-electron chi connectivity index (χ1n) is 6.64. The molecule has 0 saturated carbocycles. The van der Waals surface area contributed by atoms with E-state index in [9.17, 15) is 4.79 Å². The Bertz CT molecular complexity index is 581. The smallest absolute Gasteiger partial charge is 0.339 e. The molecule has 1 heterocycles. The van der Waals surface area contributed by atoms with Crippen LogP contribution in [0.4, 0.5) is 0 Å². The number of hydrogen-bond acceptors (Lipinski definition) is 3. The molecule has 0 bridgehead atoms. The zero-order chi connectivity index (χ0) is 14.5. The van der Waals surface area contributed by atoms with Crippen LogP contribution in [0.1, 0.15) is 40.8 Å². The minimum absolute atomic E-state index is 0.182. The molecule has 1 N–H and O–H groups in total. The number of aryl methyl sites for hydroxylation is 2.